The van der Waals surface area contributed by atoms with Crippen molar-refractivity contribution < 1.29 is 41.4 Å². The third-order valence-corrected chi connectivity index (χ3v) is 13.7. The van der Waals surface area contributed by atoms with Crippen LogP contribution >= 0.6 is 11.6 Å². The number of carbonyl (C=O) groups is 2. The van der Waals surface area contributed by atoms with Gasteiger partial charge in [-0.2, -0.15) is 13.2 Å². The van der Waals surface area contributed by atoms with E-state index in [1.807, 2.05) is 4.90 Å². The fourth-order valence-corrected chi connectivity index (χ4v) is 10.8. The number of carboxylic acid groups (broad SMARTS) is 1. The first-order valence-electron chi connectivity index (χ1n) is 20.1. The number of aromatic nitrogens is 5. The van der Waals surface area contributed by atoms with Gasteiger partial charge in [-0.25, -0.2) is 33.5 Å². The van der Waals surface area contributed by atoms with E-state index in [1.165, 1.54) is 0 Å². The molecule has 4 heterocycles. The summed E-state index contributed by atoms with van der Waals surface area (Å²) < 4.78 is 81.5. The molecule has 4 aromatic rings. The highest BCUT2D eigenvalue weighted by molar-refractivity contribution is 6.30. The lowest BCUT2D eigenvalue weighted by Gasteiger charge is -2.50. The second-order valence-electron chi connectivity index (χ2n) is 16.9. The van der Waals surface area contributed by atoms with Crippen LogP contribution in [0.4, 0.5) is 27.9 Å². The van der Waals surface area contributed by atoms with Gasteiger partial charge in [0.1, 0.15) is 17.4 Å². The number of piperidine rings is 1. The molecule has 17 heteroatoms. The smallest absolute Gasteiger partial charge is 0.434 e. The molecule has 1 aromatic carbocycles. The molecule has 2 N–H and O–H groups in total. The standard InChI is InChI=1S/C41H43ClF5N7O4/c42-26-18-49-38(50-19-26)53-11-7-28(8-12-53)58-29-3-4-30-32(21-54(33(30)17-29)27-5-9-39(43,44)10-6-27)35-48-20-31(34(51-35)41(45,46)47)36(55)52-40(37(56)57)24-2-1-22-13-23(15-24)16-25(40)14-22/h3-4,17-25,27-28H,1-2,5-16H2,(H,52,55)(H,56,57). The summed E-state index contributed by atoms with van der Waals surface area (Å²) >= 11 is 5.94. The average Bonchev–Trinajstić information content (AvgIpc) is 3.44. The summed E-state index contributed by atoms with van der Waals surface area (Å²) in [5.41, 5.74) is -3.23. The van der Waals surface area contributed by atoms with Crippen molar-refractivity contribution in [2.45, 2.75) is 107 Å². The van der Waals surface area contributed by atoms with Crippen LogP contribution in [0.25, 0.3) is 22.3 Å². The SMILES string of the molecule is O=C(NC1(C(=O)O)C2CCC3CC(C2)CC1C3)c1cnc(-c2cn(C3CCC(F)(F)CC3)c3cc(OC4CCN(c5ncc(Cl)cn5)CC4)ccc23)nc1C(F)(F)F. The summed E-state index contributed by atoms with van der Waals surface area (Å²) in [5, 5.41) is 14.2. The lowest BCUT2D eigenvalue weighted by Crippen LogP contribution is -2.66. The number of fused-ring (bicyclic) bond motifs is 2. The number of carbonyl (C=O) groups excluding carboxylic acids is 1. The largest absolute Gasteiger partial charge is 0.490 e. The molecule has 10 rings (SSSR count). The minimum atomic E-state index is -5.09. The van der Waals surface area contributed by atoms with Crippen LogP contribution in [0.15, 0.2) is 43.0 Å². The molecule has 5 unspecified atom stereocenters. The van der Waals surface area contributed by atoms with E-state index in [0.717, 1.165) is 19.0 Å². The van der Waals surface area contributed by atoms with Crippen LogP contribution in [-0.4, -0.2) is 72.1 Å². The summed E-state index contributed by atoms with van der Waals surface area (Å²) in [6.07, 6.45) is 5.46. The molecule has 0 radical (unpaired) electrons. The van der Waals surface area contributed by atoms with E-state index in [0.29, 0.717) is 91.1 Å². The van der Waals surface area contributed by atoms with Crippen LogP contribution < -0.4 is 15.0 Å². The Hall–Kier alpha value is -4.60. The first kappa shape index (κ1) is 38.9. The van der Waals surface area contributed by atoms with E-state index >= 15 is 0 Å². The van der Waals surface area contributed by atoms with E-state index < -0.39 is 46.7 Å². The summed E-state index contributed by atoms with van der Waals surface area (Å²) in [6.45, 7) is 1.27. The van der Waals surface area contributed by atoms with Gasteiger partial charge >= 0.3 is 12.1 Å². The quantitative estimate of drug-likeness (QED) is 0.167. The van der Waals surface area contributed by atoms with Gasteiger partial charge in [0, 0.05) is 74.2 Å². The summed E-state index contributed by atoms with van der Waals surface area (Å²) in [5.74, 6) is -4.52. The highest BCUT2D eigenvalue weighted by Crippen LogP contribution is 2.56. The Kier molecular flexibility index (Phi) is 9.79. The van der Waals surface area contributed by atoms with Crippen molar-refractivity contribution in [1.29, 1.82) is 0 Å². The van der Waals surface area contributed by atoms with Crippen LogP contribution in [0.3, 0.4) is 0 Å². The van der Waals surface area contributed by atoms with Gasteiger partial charge in [-0.1, -0.05) is 18.0 Å². The topological polar surface area (TPSA) is 135 Å². The van der Waals surface area contributed by atoms with Gasteiger partial charge in [0.2, 0.25) is 11.9 Å². The van der Waals surface area contributed by atoms with Crippen LogP contribution in [-0.2, 0) is 11.0 Å². The minimum Gasteiger partial charge on any atom is -0.490 e. The number of carboxylic acids is 1. The highest BCUT2D eigenvalue weighted by Gasteiger charge is 2.60. The molecule has 6 aliphatic rings. The maximum atomic E-state index is 14.9. The third-order valence-electron chi connectivity index (χ3n) is 13.5. The molecule has 5 atom stereocenters. The number of aliphatic carboxylic acids is 1. The van der Waals surface area contributed by atoms with Gasteiger partial charge < -0.3 is 24.6 Å². The maximum Gasteiger partial charge on any atom is 0.434 e. The monoisotopic (exact) mass is 827 g/mol. The number of anilines is 1. The molecule has 6 fully saturated rings. The van der Waals surface area contributed by atoms with Crippen molar-refractivity contribution in [3.05, 3.63) is 59.3 Å². The number of nitrogens with one attached hydrogen (secondary N) is 1. The highest BCUT2D eigenvalue weighted by atomic mass is 35.5. The van der Waals surface area contributed by atoms with Crippen LogP contribution in [0.1, 0.15) is 99.1 Å². The fourth-order valence-electron chi connectivity index (χ4n) is 10.7. The number of amides is 1. The van der Waals surface area contributed by atoms with Crippen LogP contribution in [0.5, 0.6) is 5.75 Å². The number of nitrogens with zero attached hydrogens (tertiary/aromatic N) is 6. The molecule has 3 aromatic heterocycles. The molecule has 11 nitrogen and oxygen atoms in total. The zero-order valence-corrected chi connectivity index (χ0v) is 32.3. The predicted molar refractivity (Wildman–Crippen MR) is 203 cm³/mol. The molecule has 5 aliphatic carbocycles. The number of rotatable bonds is 8. The Bertz CT molecular complexity index is 2210. The van der Waals surface area contributed by atoms with Gasteiger partial charge in [0.15, 0.2) is 11.5 Å². The van der Waals surface area contributed by atoms with E-state index in [-0.39, 0.29) is 55.1 Å². The number of halogens is 6. The van der Waals surface area contributed by atoms with E-state index in [2.05, 4.69) is 25.3 Å². The Morgan fingerprint density at radius 1 is 0.897 bits per heavy atom. The molecule has 5 saturated carbocycles. The molecule has 4 bridgehead atoms. The van der Waals surface area contributed by atoms with Gasteiger partial charge in [-0.3, -0.25) is 4.79 Å². The van der Waals surface area contributed by atoms with E-state index in [1.54, 1.807) is 41.4 Å². The number of alkyl halides is 5. The summed E-state index contributed by atoms with van der Waals surface area (Å²) in [6, 6.07) is 4.81. The van der Waals surface area contributed by atoms with Crippen molar-refractivity contribution in [1.82, 2.24) is 29.8 Å². The first-order valence-corrected chi connectivity index (χ1v) is 20.5. The Balaban J connectivity index is 1.03. The average molecular weight is 828 g/mol. The number of ether oxygens (including phenoxy) is 1. The van der Waals surface area contributed by atoms with Gasteiger partial charge in [0.25, 0.3) is 5.91 Å². The molecule has 58 heavy (non-hydrogen) atoms. The Morgan fingerprint density at radius 3 is 2.31 bits per heavy atom. The van der Waals surface area contributed by atoms with Crippen LogP contribution in [0.2, 0.25) is 5.02 Å². The van der Waals surface area contributed by atoms with Crippen LogP contribution in [0, 0.1) is 23.7 Å². The number of hydrogen-bond acceptors (Lipinski definition) is 8. The normalized spacial score (nSPS) is 27.4. The zero-order valence-electron chi connectivity index (χ0n) is 31.5. The van der Waals surface area contributed by atoms with Gasteiger partial charge in [-0.05, 0) is 80.8 Å². The molecule has 1 aliphatic heterocycles. The summed E-state index contributed by atoms with van der Waals surface area (Å²) in [4.78, 5) is 45.8. The van der Waals surface area contributed by atoms with Crippen molar-refractivity contribution >= 4 is 40.3 Å². The molecule has 308 valence electrons. The Morgan fingerprint density at radius 2 is 1.60 bits per heavy atom. The van der Waals surface area contributed by atoms with E-state index in [4.69, 9.17) is 16.3 Å². The molecular weight excluding hydrogens is 785 g/mol. The second kappa shape index (κ2) is 14.6. The van der Waals surface area contributed by atoms with E-state index in [9.17, 15) is 36.6 Å². The number of hydrogen-bond donors (Lipinski definition) is 2. The maximum absolute atomic E-state index is 14.9. The predicted octanol–water partition coefficient (Wildman–Crippen LogP) is 8.76. The lowest BCUT2D eigenvalue weighted by molar-refractivity contribution is -0.154. The Labute approximate surface area is 335 Å². The van der Waals surface area contributed by atoms with Crippen molar-refractivity contribution in [3.63, 3.8) is 0 Å². The fraction of sp³-hybridized carbons (Fsp3) is 0.561. The van der Waals surface area contributed by atoms with Gasteiger partial charge in [-0.15, -0.1) is 0 Å². The van der Waals surface area contributed by atoms with Crippen molar-refractivity contribution in [2.24, 2.45) is 23.7 Å². The number of benzene rings is 1. The molecular formula is C41H43ClF5N7O4. The first-order chi connectivity index (χ1) is 27.7. The molecule has 1 saturated heterocycles. The molecule has 0 spiro atoms. The van der Waals surface area contributed by atoms with Gasteiger partial charge in [0.05, 0.1) is 28.5 Å². The summed E-state index contributed by atoms with van der Waals surface area (Å²) in [7, 11) is 0. The minimum absolute atomic E-state index is 0.148. The van der Waals surface area contributed by atoms with Crippen molar-refractivity contribution in [3.8, 4) is 17.1 Å². The third kappa shape index (κ3) is 7.12. The molecule has 1 amide bonds. The van der Waals surface area contributed by atoms with Crippen molar-refractivity contribution in [2.75, 3.05) is 18.0 Å². The zero-order chi connectivity index (χ0) is 40.6. The second-order valence-corrected chi connectivity index (χ2v) is 17.4. The lowest BCUT2D eigenvalue weighted by atomic mass is 9.58.